The molecule has 1 heterocycles. The van der Waals surface area contributed by atoms with Crippen LogP contribution in [0.1, 0.15) is 25.5 Å². The predicted octanol–water partition coefficient (Wildman–Crippen LogP) is 3.14. The highest BCUT2D eigenvalue weighted by Gasteiger charge is 2.03. The van der Waals surface area contributed by atoms with Gasteiger partial charge in [0.1, 0.15) is 11.4 Å². The van der Waals surface area contributed by atoms with E-state index in [0.717, 1.165) is 22.3 Å². The molecule has 0 fully saturated rings. The Morgan fingerprint density at radius 2 is 2.18 bits per heavy atom. The van der Waals surface area contributed by atoms with Crippen LogP contribution in [0, 0.1) is 11.6 Å². The van der Waals surface area contributed by atoms with Crippen molar-refractivity contribution in [2.45, 2.75) is 19.8 Å². The maximum absolute atomic E-state index is 11.2. The Hall–Kier alpha value is -2.11. The second kappa shape index (κ2) is 8.36. The minimum absolute atomic E-state index is 0.184. The topological polar surface area (TPSA) is 48.4 Å². The summed E-state index contributed by atoms with van der Waals surface area (Å²) in [6, 6.07) is 9.56. The molecule has 22 heavy (non-hydrogen) atoms. The Bertz CT molecular complexity index is 719. The first-order valence-corrected chi connectivity index (χ1v) is 7.71. The van der Waals surface area contributed by atoms with Gasteiger partial charge in [-0.05, 0) is 49.6 Å². The Labute approximate surface area is 132 Å². The zero-order valence-electron chi connectivity index (χ0n) is 12.5. The van der Waals surface area contributed by atoms with E-state index in [9.17, 15) is 4.79 Å². The summed E-state index contributed by atoms with van der Waals surface area (Å²) in [6.07, 6.45) is 1.01. The minimum Gasteiger partial charge on any atom is -0.494 e. The molecule has 0 aliphatic heterocycles. The van der Waals surface area contributed by atoms with Crippen LogP contribution >= 0.6 is 9.24 Å². The van der Waals surface area contributed by atoms with Crippen LogP contribution < -0.4 is 4.74 Å². The van der Waals surface area contributed by atoms with Gasteiger partial charge in [-0.1, -0.05) is 14.9 Å². The summed E-state index contributed by atoms with van der Waals surface area (Å²) < 4.78 is 10.5. The molecule has 0 radical (unpaired) electrons. The smallest absolute Gasteiger partial charge is 0.305 e. The normalized spacial score (nSPS) is 9.91. The molecular weight excluding hydrogens is 297 g/mol. The summed E-state index contributed by atoms with van der Waals surface area (Å²) in [5, 5.41) is 0.997. The second-order valence-corrected chi connectivity index (χ2v) is 4.87. The van der Waals surface area contributed by atoms with E-state index >= 15 is 0 Å². The first kappa shape index (κ1) is 16.3. The average Bonchev–Trinajstić information content (AvgIpc) is 2.52. The van der Waals surface area contributed by atoms with Crippen LogP contribution in [-0.2, 0) is 9.53 Å². The Morgan fingerprint density at radius 1 is 1.32 bits per heavy atom. The van der Waals surface area contributed by atoms with Crippen molar-refractivity contribution in [3.8, 4) is 17.3 Å². The van der Waals surface area contributed by atoms with Crippen molar-refractivity contribution in [3.05, 3.63) is 36.0 Å². The van der Waals surface area contributed by atoms with Crippen molar-refractivity contribution in [1.82, 2.24) is 4.98 Å². The Morgan fingerprint density at radius 3 is 2.95 bits per heavy atom. The van der Waals surface area contributed by atoms with Crippen molar-refractivity contribution >= 4 is 26.1 Å². The third kappa shape index (κ3) is 4.72. The van der Waals surface area contributed by atoms with Crippen molar-refractivity contribution in [2.24, 2.45) is 0 Å². The van der Waals surface area contributed by atoms with E-state index in [1.807, 2.05) is 30.3 Å². The fourth-order valence-electron chi connectivity index (χ4n) is 1.98. The molecule has 0 bridgehead atoms. The van der Waals surface area contributed by atoms with Crippen molar-refractivity contribution in [1.29, 1.82) is 0 Å². The molecule has 2 aromatic rings. The highest BCUT2D eigenvalue weighted by molar-refractivity contribution is 7.23. The summed E-state index contributed by atoms with van der Waals surface area (Å²) >= 11 is 0. The van der Waals surface area contributed by atoms with Crippen LogP contribution in [0.2, 0.25) is 0 Å². The van der Waals surface area contributed by atoms with E-state index < -0.39 is 0 Å². The number of carbonyl (C=O) groups excluding carboxylic acids is 1. The third-order valence-electron chi connectivity index (χ3n) is 2.96. The zero-order chi connectivity index (χ0) is 15.8. The summed E-state index contributed by atoms with van der Waals surface area (Å²) in [5.41, 5.74) is 4.37. The van der Waals surface area contributed by atoms with E-state index in [0.29, 0.717) is 26.1 Å². The summed E-state index contributed by atoms with van der Waals surface area (Å²) in [7, 11) is 2.36. The minimum atomic E-state index is -0.184. The van der Waals surface area contributed by atoms with Gasteiger partial charge >= 0.3 is 5.97 Å². The number of rotatable bonds is 6. The van der Waals surface area contributed by atoms with E-state index in [2.05, 4.69) is 25.8 Å². The molecule has 1 atom stereocenters. The predicted molar refractivity (Wildman–Crippen MR) is 89.7 cm³/mol. The fraction of sp³-hybridized carbons (Fsp3) is 0.294. The fourth-order valence-corrected chi connectivity index (χ4v) is 2.12. The molecule has 1 aromatic carbocycles. The molecule has 4 nitrogen and oxygen atoms in total. The standard InChI is InChI=1S/C17H18NO3P/c1-2-20-17(19)4-3-10-21-15-7-8-16-13(12-15)5-6-14(18-16)9-11-22/h5-8,12H,2-4,10,22H2,1H3. The largest absolute Gasteiger partial charge is 0.494 e. The Kier molecular flexibility index (Phi) is 6.18. The molecular formula is C17H18NO3P. The molecule has 0 spiro atoms. The number of nitrogens with zero attached hydrogens (tertiary/aromatic N) is 1. The highest BCUT2D eigenvalue weighted by Crippen LogP contribution is 2.20. The first-order chi connectivity index (χ1) is 10.7. The lowest BCUT2D eigenvalue weighted by atomic mass is 10.2. The van der Waals surface area contributed by atoms with E-state index in [-0.39, 0.29) is 5.97 Å². The van der Waals surface area contributed by atoms with E-state index in [4.69, 9.17) is 9.47 Å². The lowest BCUT2D eigenvalue weighted by molar-refractivity contribution is -0.143. The number of hydrogen-bond acceptors (Lipinski definition) is 4. The molecule has 0 aliphatic carbocycles. The van der Waals surface area contributed by atoms with Gasteiger partial charge in [-0.3, -0.25) is 4.79 Å². The molecule has 0 amide bonds. The monoisotopic (exact) mass is 315 g/mol. The van der Waals surface area contributed by atoms with E-state index in [1.165, 1.54) is 0 Å². The molecule has 1 unspecified atom stereocenters. The van der Waals surface area contributed by atoms with Crippen LogP contribution in [0.5, 0.6) is 5.75 Å². The number of esters is 1. The van der Waals surface area contributed by atoms with Crippen LogP contribution in [0.4, 0.5) is 0 Å². The molecule has 0 saturated carbocycles. The number of benzene rings is 1. The average molecular weight is 315 g/mol. The summed E-state index contributed by atoms with van der Waals surface area (Å²) in [6.45, 7) is 2.70. The number of hydrogen-bond donors (Lipinski definition) is 0. The van der Waals surface area contributed by atoms with Gasteiger partial charge in [-0.15, -0.1) is 0 Å². The van der Waals surface area contributed by atoms with Crippen LogP contribution in [-0.4, -0.2) is 24.2 Å². The SMILES string of the molecule is CCOC(=O)CCCOc1ccc2nc(C#CP)ccc2c1. The molecule has 1 aromatic heterocycles. The van der Waals surface area contributed by atoms with Crippen molar-refractivity contribution in [2.75, 3.05) is 13.2 Å². The van der Waals surface area contributed by atoms with Gasteiger partial charge in [0.2, 0.25) is 0 Å². The van der Waals surface area contributed by atoms with Crippen LogP contribution in [0.25, 0.3) is 10.9 Å². The van der Waals surface area contributed by atoms with Gasteiger partial charge in [0, 0.05) is 11.8 Å². The van der Waals surface area contributed by atoms with Gasteiger partial charge in [0.25, 0.3) is 0 Å². The maximum atomic E-state index is 11.2. The van der Waals surface area contributed by atoms with Gasteiger partial charge < -0.3 is 9.47 Å². The van der Waals surface area contributed by atoms with Crippen LogP contribution in [0.15, 0.2) is 30.3 Å². The Balaban J connectivity index is 1.93. The number of pyridine rings is 1. The van der Waals surface area contributed by atoms with Crippen LogP contribution in [0.3, 0.4) is 0 Å². The van der Waals surface area contributed by atoms with Crippen molar-refractivity contribution < 1.29 is 14.3 Å². The number of ether oxygens (including phenoxy) is 2. The van der Waals surface area contributed by atoms with Gasteiger partial charge in [0.15, 0.2) is 0 Å². The third-order valence-corrected chi connectivity index (χ3v) is 3.10. The molecule has 5 heteroatoms. The second-order valence-electron chi connectivity index (χ2n) is 4.58. The van der Waals surface area contributed by atoms with Gasteiger partial charge in [-0.25, -0.2) is 4.98 Å². The lowest BCUT2D eigenvalue weighted by Gasteiger charge is -2.07. The number of fused-ring (bicyclic) bond motifs is 1. The summed E-state index contributed by atoms with van der Waals surface area (Å²) in [5.74, 6) is 3.49. The van der Waals surface area contributed by atoms with Gasteiger partial charge in [-0.2, -0.15) is 0 Å². The lowest BCUT2D eigenvalue weighted by Crippen LogP contribution is -2.06. The molecule has 0 saturated heterocycles. The molecule has 0 N–H and O–H groups in total. The number of carbonyl (C=O) groups is 1. The molecule has 2 rings (SSSR count). The number of aromatic nitrogens is 1. The van der Waals surface area contributed by atoms with Gasteiger partial charge in [0.05, 0.1) is 18.7 Å². The molecule has 0 aliphatic rings. The highest BCUT2D eigenvalue weighted by atomic mass is 31.0. The maximum Gasteiger partial charge on any atom is 0.305 e. The zero-order valence-corrected chi connectivity index (χ0v) is 13.6. The van der Waals surface area contributed by atoms with E-state index in [1.54, 1.807) is 6.92 Å². The summed E-state index contributed by atoms with van der Waals surface area (Å²) in [4.78, 5) is 15.7. The molecule has 114 valence electrons. The first-order valence-electron chi connectivity index (χ1n) is 7.13. The van der Waals surface area contributed by atoms with Crippen molar-refractivity contribution in [3.63, 3.8) is 0 Å². The quantitative estimate of drug-likeness (QED) is 0.356.